The second kappa shape index (κ2) is 8.38. The van der Waals surface area contributed by atoms with Gasteiger partial charge in [-0.25, -0.2) is 0 Å². The summed E-state index contributed by atoms with van der Waals surface area (Å²) in [6.07, 6.45) is -0.475. The number of aliphatic carboxylic acids is 1. The maximum atomic E-state index is 12.9. The topological polar surface area (TPSA) is 69.6 Å². The second-order valence-electron chi connectivity index (χ2n) is 6.72. The molecule has 1 heterocycles. The van der Waals surface area contributed by atoms with Crippen LogP contribution < -0.4 is 5.32 Å². The Morgan fingerprint density at radius 3 is 2.33 bits per heavy atom. The zero-order chi connectivity index (χ0) is 17.2. The van der Waals surface area contributed by atoms with E-state index in [-0.39, 0.29) is 37.4 Å². The van der Waals surface area contributed by atoms with Crippen molar-refractivity contribution in [3.63, 3.8) is 0 Å². The summed E-state index contributed by atoms with van der Waals surface area (Å²) in [5, 5.41) is 11.9. The molecule has 0 aromatic rings. The van der Waals surface area contributed by atoms with Gasteiger partial charge in [-0.1, -0.05) is 19.8 Å². The quantitative estimate of drug-likeness (QED) is 0.794. The lowest BCUT2D eigenvalue weighted by atomic mass is 9.86. The number of hydrogen-bond acceptors (Lipinski definition) is 3. The molecule has 2 aliphatic rings. The Bertz CT molecular complexity index is 462. The van der Waals surface area contributed by atoms with Gasteiger partial charge in [0.25, 0.3) is 0 Å². The number of amides is 1. The predicted molar refractivity (Wildman–Crippen MR) is 83.9 cm³/mol. The van der Waals surface area contributed by atoms with Gasteiger partial charge in [-0.3, -0.25) is 14.5 Å². The molecular formula is C15H24ClF3N2O3. The van der Waals surface area contributed by atoms with Gasteiger partial charge in [0, 0.05) is 19.1 Å². The number of rotatable bonds is 4. The first-order chi connectivity index (χ1) is 10.7. The maximum absolute atomic E-state index is 12.9. The van der Waals surface area contributed by atoms with E-state index < -0.39 is 30.5 Å². The smallest absolute Gasteiger partial charge is 0.393 e. The molecule has 140 valence electrons. The van der Waals surface area contributed by atoms with Crippen LogP contribution >= 0.6 is 12.4 Å². The number of carboxylic acid groups (broad SMARTS) is 1. The van der Waals surface area contributed by atoms with Crippen LogP contribution in [0.3, 0.4) is 0 Å². The van der Waals surface area contributed by atoms with Crippen LogP contribution in [0, 0.1) is 17.8 Å². The Balaban J connectivity index is 0.00000288. The van der Waals surface area contributed by atoms with Crippen LogP contribution in [0.15, 0.2) is 0 Å². The van der Waals surface area contributed by atoms with Gasteiger partial charge in [0.1, 0.15) is 0 Å². The molecule has 1 aliphatic heterocycles. The first-order valence-electron chi connectivity index (χ1n) is 7.99. The highest BCUT2D eigenvalue weighted by atomic mass is 35.5. The Kier molecular flexibility index (Phi) is 7.34. The van der Waals surface area contributed by atoms with Gasteiger partial charge in [0.2, 0.25) is 5.91 Å². The van der Waals surface area contributed by atoms with Gasteiger partial charge in [-0.05, 0) is 18.8 Å². The molecule has 1 saturated heterocycles. The molecule has 0 spiro atoms. The molecule has 2 unspecified atom stereocenters. The average molecular weight is 373 g/mol. The van der Waals surface area contributed by atoms with E-state index in [0.29, 0.717) is 5.92 Å². The standard InChI is InChI=1S/C15H23F3N2O3.ClH/c1-9-4-2-3-5-12(9)19-13(21)8-20-6-10(14(22)23)11(7-20)15(16,17)18;/h9-12H,2-8H2,1H3,(H,19,21)(H,22,23);1H/t9?,10-,11-,12?;/m1./s1. The molecule has 2 fully saturated rings. The fourth-order valence-electron chi connectivity index (χ4n) is 3.58. The highest BCUT2D eigenvalue weighted by Crippen LogP contribution is 2.37. The van der Waals surface area contributed by atoms with E-state index >= 15 is 0 Å². The molecule has 1 saturated carbocycles. The van der Waals surface area contributed by atoms with Crippen LogP contribution in [0.5, 0.6) is 0 Å². The Labute approximate surface area is 145 Å². The van der Waals surface area contributed by atoms with Crippen molar-refractivity contribution in [1.82, 2.24) is 10.2 Å². The molecule has 24 heavy (non-hydrogen) atoms. The molecule has 5 nitrogen and oxygen atoms in total. The number of alkyl halides is 3. The first kappa shape index (κ1) is 21.0. The summed E-state index contributed by atoms with van der Waals surface area (Å²) in [6.45, 7) is 1.20. The molecule has 9 heteroatoms. The minimum Gasteiger partial charge on any atom is -0.481 e. The lowest BCUT2D eigenvalue weighted by Crippen LogP contribution is -2.45. The number of carbonyl (C=O) groups excluding carboxylic acids is 1. The molecule has 1 amide bonds. The third-order valence-electron chi connectivity index (χ3n) is 4.96. The van der Waals surface area contributed by atoms with Gasteiger partial charge in [-0.15, -0.1) is 12.4 Å². The first-order valence-corrected chi connectivity index (χ1v) is 7.99. The van der Waals surface area contributed by atoms with Gasteiger partial charge in [0.15, 0.2) is 0 Å². The van der Waals surface area contributed by atoms with Crippen LogP contribution in [0.25, 0.3) is 0 Å². The fraction of sp³-hybridized carbons (Fsp3) is 0.867. The summed E-state index contributed by atoms with van der Waals surface area (Å²) >= 11 is 0. The molecule has 0 radical (unpaired) electrons. The van der Waals surface area contributed by atoms with E-state index in [4.69, 9.17) is 5.11 Å². The fourth-order valence-corrected chi connectivity index (χ4v) is 3.58. The van der Waals surface area contributed by atoms with Gasteiger partial charge >= 0.3 is 12.1 Å². The second-order valence-corrected chi connectivity index (χ2v) is 6.72. The highest BCUT2D eigenvalue weighted by molar-refractivity contribution is 5.85. The minimum absolute atomic E-state index is 0. The molecule has 0 aromatic carbocycles. The summed E-state index contributed by atoms with van der Waals surface area (Å²) in [5.41, 5.74) is 0. The zero-order valence-corrected chi connectivity index (χ0v) is 14.3. The highest BCUT2D eigenvalue weighted by Gasteiger charge is 2.52. The lowest BCUT2D eigenvalue weighted by molar-refractivity contribution is -0.188. The van der Waals surface area contributed by atoms with Crippen molar-refractivity contribution in [2.75, 3.05) is 19.6 Å². The molecule has 0 aromatic heterocycles. The van der Waals surface area contributed by atoms with E-state index in [1.165, 1.54) is 4.90 Å². The van der Waals surface area contributed by atoms with Crippen LogP contribution in [0.1, 0.15) is 32.6 Å². The van der Waals surface area contributed by atoms with Crippen molar-refractivity contribution in [2.45, 2.75) is 44.8 Å². The summed E-state index contributed by atoms with van der Waals surface area (Å²) in [4.78, 5) is 24.4. The lowest BCUT2D eigenvalue weighted by Gasteiger charge is -2.30. The summed E-state index contributed by atoms with van der Waals surface area (Å²) < 4.78 is 38.7. The third kappa shape index (κ3) is 5.24. The van der Waals surface area contributed by atoms with Crippen LogP contribution in [0.2, 0.25) is 0 Å². The van der Waals surface area contributed by atoms with E-state index in [1.807, 2.05) is 0 Å². The zero-order valence-electron chi connectivity index (χ0n) is 13.5. The summed E-state index contributed by atoms with van der Waals surface area (Å²) in [7, 11) is 0. The molecule has 1 aliphatic carbocycles. The summed E-state index contributed by atoms with van der Waals surface area (Å²) in [5.74, 6) is -4.84. The van der Waals surface area contributed by atoms with Crippen molar-refractivity contribution >= 4 is 24.3 Å². The number of nitrogens with zero attached hydrogens (tertiary/aromatic N) is 1. The number of hydrogen-bond donors (Lipinski definition) is 2. The van der Waals surface area contributed by atoms with E-state index in [9.17, 15) is 22.8 Å². The Morgan fingerprint density at radius 2 is 1.83 bits per heavy atom. The average Bonchev–Trinajstić information content (AvgIpc) is 2.85. The molecule has 2 rings (SSSR count). The molecule has 0 bridgehead atoms. The molecular weight excluding hydrogens is 349 g/mol. The SMILES string of the molecule is CC1CCCCC1NC(=O)CN1C[C@@H](C(F)(F)F)[C@H](C(=O)O)C1.Cl. The minimum atomic E-state index is -4.56. The van der Waals surface area contributed by atoms with E-state index in [1.54, 1.807) is 0 Å². The van der Waals surface area contributed by atoms with Crippen molar-refractivity contribution in [3.05, 3.63) is 0 Å². The number of likely N-dealkylation sites (tertiary alicyclic amines) is 1. The third-order valence-corrected chi connectivity index (χ3v) is 4.96. The van der Waals surface area contributed by atoms with Crippen LogP contribution in [-0.2, 0) is 9.59 Å². The van der Waals surface area contributed by atoms with Crippen molar-refractivity contribution in [1.29, 1.82) is 0 Å². The normalized spacial score (nSPS) is 31.3. The van der Waals surface area contributed by atoms with Crippen LogP contribution in [0.4, 0.5) is 13.2 Å². The van der Waals surface area contributed by atoms with Gasteiger partial charge < -0.3 is 10.4 Å². The van der Waals surface area contributed by atoms with Gasteiger partial charge in [0.05, 0.1) is 18.4 Å². The monoisotopic (exact) mass is 372 g/mol. The number of halogens is 4. The van der Waals surface area contributed by atoms with Crippen molar-refractivity contribution in [3.8, 4) is 0 Å². The molecule has 2 N–H and O–H groups in total. The predicted octanol–water partition coefficient (Wildman–Crippen LogP) is 2.30. The van der Waals surface area contributed by atoms with Crippen molar-refractivity contribution < 1.29 is 27.9 Å². The van der Waals surface area contributed by atoms with Crippen LogP contribution in [-0.4, -0.2) is 53.7 Å². The van der Waals surface area contributed by atoms with E-state index in [0.717, 1.165) is 25.7 Å². The van der Waals surface area contributed by atoms with Gasteiger partial charge in [-0.2, -0.15) is 13.2 Å². The molecule has 4 atom stereocenters. The summed E-state index contributed by atoms with van der Waals surface area (Å²) in [6, 6.07) is 0.0625. The number of nitrogens with one attached hydrogen (secondary N) is 1. The largest absolute Gasteiger partial charge is 0.481 e. The Hall–Kier alpha value is -1.02. The number of carbonyl (C=O) groups is 2. The maximum Gasteiger partial charge on any atom is 0.393 e. The van der Waals surface area contributed by atoms with E-state index in [2.05, 4.69) is 12.2 Å². The number of carboxylic acids is 1. The van der Waals surface area contributed by atoms with Crippen molar-refractivity contribution in [2.24, 2.45) is 17.8 Å². The Morgan fingerprint density at radius 1 is 1.21 bits per heavy atom.